The number of nitrogen functional groups attached to an aromatic ring is 1. The number of nitrogens with two attached hydrogens (primary N) is 1. The summed E-state index contributed by atoms with van der Waals surface area (Å²) in [6, 6.07) is 2.54. The predicted octanol–water partition coefficient (Wildman–Crippen LogP) is 1.65. The molecule has 0 saturated carbocycles. The molecule has 0 aliphatic carbocycles. The predicted molar refractivity (Wildman–Crippen MR) is 61.1 cm³/mol. The summed E-state index contributed by atoms with van der Waals surface area (Å²) in [6.45, 7) is 2.51. The van der Waals surface area contributed by atoms with Crippen LogP contribution in [0.5, 0.6) is 0 Å². The quantitative estimate of drug-likeness (QED) is 0.629. The largest absolute Gasteiger partial charge is 0.465 e. The molecule has 16 heavy (non-hydrogen) atoms. The number of carbonyl (C=O) groups is 1. The Morgan fingerprint density at radius 1 is 1.56 bits per heavy atom. The molecule has 0 spiro atoms. The van der Waals surface area contributed by atoms with Gasteiger partial charge in [-0.15, -0.1) is 0 Å². The molecule has 5 heteroatoms. The Morgan fingerprint density at radius 2 is 2.19 bits per heavy atom. The van der Waals surface area contributed by atoms with E-state index in [-0.39, 0.29) is 11.3 Å². The summed E-state index contributed by atoms with van der Waals surface area (Å²) in [5.74, 6) is -1.02. The number of ether oxygens (including phenoxy) is 1. The normalized spacial score (nSPS) is 10.0. The first-order valence-corrected chi connectivity index (χ1v) is 4.89. The Bertz CT molecular complexity index is 407. The van der Waals surface area contributed by atoms with Crippen LogP contribution in [-0.2, 0) is 4.74 Å². The van der Waals surface area contributed by atoms with Gasteiger partial charge >= 0.3 is 5.97 Å². The minimum Gasteiger partial charge on any atom is -0.465 e. The SMILES string of the molecule is CCN(C)c1cc(C(=O)OC)c(N)cc1F. The van der Waals surface area contributed by atoms with Crippen LogP contribution in [0.4, 0.5) is 15.8 Å². The molecule has 2 N–H and O–H groups in total. The van der Waals surface area contributed by atoms with E-state index in [1.54, 1.807) is 11.9 Å². The standard InChI is InChI=1S/C11H15FN2O2/c1-4-14(2)10-5-7(11(15)16-3)9(13)6-8(10)12/h5-6H,4,13H2,1-3H3. The zero-order chi connectivity index (χ0) is 12.3. The Balaban J connectivity index is 3.26. The molecule has 1 rings (SSSR count). The van der Waals surface area contributed by atoms with Crippen molar-refractivity contribution in [2.24, 2.45) is 0 Å². The summed E-state index contributed by atoms with van der Waals surface area (Å²) < 4.78 is 18.1. The zero-order valence-corrected chi connectivity index (χ0v) is 9.58. The lowest BCUT2D eigenvalue weighted by Crippen LogP contribution is -2.18. The Morgan fingerprint density at radius 3 is 2.69 bits per heavy atom. The highest BCUT2D eigenvalue weighted by Gasteiger charge is 2.16. The lowest BCUT2D eigenvalue weighted by molar-refractivity contribution is 0.0602. The molecule has 0 aliphatic heterocycles. The lowest BCUT2D eigenvalue weighted by Gasteiger charge is -2.19. The first-order valence-electron chi connectivity index (χ1n) is 4.89. The fourth-order valence-corrected chi connectivity index (χ4v) is 1.33. The average molecular weight is 226 g/mol. The summed E-state index contributed by atoms with van der Waals surface area (Å²) in [5, 5.41) is 0. The molecule has 0 amide bonds. The molecule has 0 radical (unpaired) electrons. The summed E-state index contributed by atoms with van der Waals surface area (Å²) in [6.07, 6.45) is 0. The number of carbonyl (C=O) groups excluding carboxylic acids is 1. The van der Waals surface area contributed by atoms with Crippen LogP contribution in [0.2, 0.25) is 0 Å². The number of benzene rings is 1. The van der Waals surface area contributed by atoms with Crippen molar-refractivity contribution in [3.8, 4) is 0 Å². The van der Waals surface area contributed by atoms with Gasteiger partial charge in [-0.25, -0.2) is 9.18 Å². The second kappa shape index (κ2) is 4.83. The molecule has 0 unspecified atom stereocenters. The van der Waals surface area contributed by atoms with Crippen molar-refractivity contribution in [1.82, 2.24) is 0 Å². The van der Waals surface area contributed by atoms with E-state index >= 15 is 0 Å². The third-order valence-electron chi connectivity index (χ3n) is 2.41. The molecule has 1 aromatic rings. The smallest absolute Gasteiger partial charge is 0.340 e. The zero-order valence-electron chi connectivity index (χ0n) is 9.58. The second-order valence-electron chi connectivity index (χ2n) is 3.40. The van der Waals surface area contributed by atoms with Crippen LogP contribution in [0.1, 0.15) is 17.3 Å². The van der Waals surface area contributed by atoms with Crippen molar-refractivity contribution >= 4 is 17.3 Å². The van der Waals surface area contributed by atoms with Crippen molar-refractivity contribution in [2.75, 3.05) is 31.3 Å². The Labute approximate surface area is 93.8 Å². The number of anilines is 2. The van der Waals surface area contributed by atoms with Crippen molar-refractivity contribution in [1.29, 1.82) is 0 Å². The molecule has 0 heterocycles. The molecule has 0 saturated heterocycles. The summed E-state index contributed by atoms with van der Waals surface area (Å²) >= 11 is 0. The second-order valence-corrected chi connectivity index (χ2v) is 3.40. The number of methoxy groups -OCH3 is 1. The number of nitrogens with zero attached hydrogens (tertiary/aromatic N) is 1. The minimum atomic E-state index is -0.566. The van der Waals surface area contributed by atoms with Crippen LogP contribution in [0, 0.1) is 5.82 Å². The van der Waals surface area contributed by atoms with E-state index in [2.05, 4.69) is 4.74 Å². The molecule has 0 fully saturated rings. The van der Waals surface area contributed by atoms with E-state index in [1.165, 1.54) is 13.2 Å². The van der Waals surface area contributed by atoms with Crippen molar-refractivity contribution in [2.45, 2.75) is 6.92 Å². The first kappa shape index (κ1) is 12.3. The highest BCUT2D eigenvalue weighted by molar-refractivity contribution is 5.96. The van der Waals surface area contributed by atoms with E-state index in [9.17, 15) is 9.18 Å². The van der Waals surface area contributed by atoms with Gasteiger partial charge in [0.2, 0.25) is 0 Å². The summed E-state index contributed by atoms with van der Waals surface area (Å²) in [5.41, 5.74) is 6.14. The van der Waals surface area contributed by atoms with Crippen LogP contribution in [0.25, 0.3) is 0 Å². The molecule has 88 valence electrons. The molecule has 4 nitrogen and oxygen atoms in total. The van der Waals surface area contributed by atoms with Gasteiger partial charge in [-0.05, 0) is 19.1 Å². The van der Waals surface area contributed by atoms with E-state index in [4.69, 9.17) is 5.73 Å². The van der Waals surface area contributed by atoms with E-state index < -0.39 is 11.8 Å². The molecule has 0 aliphatic rings. The Kier molecular flexibility index (Phi) is 3.71. The van der Waals surface area contributed by atoms with Gasteiger partial charge in [0.25, 0.3) is 0 Å². The lowest BCUT2D eigenvalue weighted by atomic mass is 10.1. The average Bonchev–Trinajstić information content (AvgIpc) is 2.27. The van der Waals surface area contributed by atoms with Gasteiger partial charge in [-0.1, -0.05) is 0 Å². The van der Waals surface area contributed by atoms with Crippen LogP contribution >= 0.6 is 0 Å². The number of halogens is 1. The number of hydrogen-bond donors (Lipinski definition) is 1. The maximum atomic E-state index is 13.6. The molecule has 0 bridgehead atoms. The summed E-state index contributed by atoms with van der Waals surface area (Å²) in [7, 11) is 2.99. The monoisotopic (exact) mass is 226 g/mol. The van der Waals surface area contributed by atoms with E-state index in [0.29, 0.717) is 12.2 Å². The first-order chi connectivity index (χ1) is 7.51. The maximum Gasteiger partial charge on any atom is 0.340 e. The number of hydrogen-bond acceptors (Lipinski definition) is 4. The maximum absolute atomic E-state index is 13.6. The van der Waals surface area contributed by atoms with E-state index in [1.807, 2.05) is 6.92 Å². The molecule has 0 aromatic heterocycles. The van der Waals surface area contributed by atoms with Crippen molar-refractivity contribution < 1.29 is 13.9 Å². The van der Waals surface area contributed by atoms with Gasteiger partial charge in [-0.2, -0.15) is 0 Å². The van der Waals surface area contributed by atoms with Crippen molar-refractivity contribution in [3.05, 3.63) is 23.5 Å². The Hall–Kier alpha value is -1.78. The highest BCUT2D eigenvalue weighted by atomic mass is 19.1. The molecule has 0 atom stereocenters. The number of esters is 1. The molecular formula is C11H15FN2O2. The third kappa shape index (κ3) is 2.24. The van der Waals surface area contributed by atoms with Crippen LogP contribution < -0.4 is 10.6 Å². The van der Waals surface area contributed by atoms with Gasteiger partial charge in [0.1, 0.15) is 5.82 Å². The van der Waals surface area contributed by atoms with Crippen LogP contribution in [0.3, 0.4) is 0 Å². The van der Waals surface area contributed by atoms with Gasteiger partial charge in [-0.3, -0.25) is 0 Å². The molecular weight excluding hydrogens is 211 g/mol. The van der Waals surface area contributed by atoms with Gasteiger partial charge < -0.3 is 15.4 Å². The van der Waals surface area contributed by atoms with Crippen molar-refractivity contribution in [3.63, 3.8) is 0 Å². The topological polar surface area (TPSA) is 55.6 Å². The minimum absolute atomic E-state index is 0.0811. The van der Waals surface area contributed by atoms with E-state index in [0.717, 1.165) is 6.07 Å². The summed E-state index contributed by atoms with van der Waals surface area (Å²) in [4.78, 5) is 13.0. The molecule has 1 aromatic carbocycles. The fraction of sp³-hybridized carbons (Fsp3) is 0.364. The third-order valence-corrected chi connectivity index (χ3v) is 2.41. The fourth-order valence-electron chi connectivity index (χ4n) is 1.33. The van der Waals surface area contributed by atoms with Crippen LogP contribution in [0.15, 0.2) is 12.1 Å². The van der Waals surface area contributed by atoms with Gasteiger partial charge in [0.05, 0.1) is 18.4 Å². The van der Waals surface area contributed by atoms with Crippen LogP contribution in [-0.4, -0.2) is 26.7 Å². The number of rotatable bonds is 3. The van der Waals surface area contributed by atoms with Gasteiger partial charge in [0.15, 0.2) is 0 Å². The van der Waals surface area contributed by atoms with Gasteiger partial charge in [0, 0.05) is 19.3 Å². The highest BCUT2D eigenvalue weighted by Crippen LogP contribution is 2.25.